The summed E-state index contributed by atoms with van der Waals surface area (Å²) >= 11 is 1.64. The van der Waals surface area contributed by atoms with Gasteiger partial charge in [0.05, 0.1) is 6.54 Å². The first-order valence-electron chi connectivity index (χ1n) is 5.99. The lowest BCUT2D eigenvalue weighted by Gasteiger charge is -2.12. The lowest BCUT2D eigenvalue weighted by Crippen LogP contribution is -2.08. The quantitative estimate of drug-likeness (QED) is 0.838. The Morgan fingerprint density at radius 2 is 2.06 bits per heavy atom. The van der Waals surface area contributed by atoms with Gasteiger partial charge in [0.25, 0.3) is 0 Å². The molecule has 96 valence electrons. The minimum absolute atomic E-state index is 0.703. The third-order valence-corrected chi connectivity index (χ3v) is 3.35. The van der Waals surface area contributed by atoms with Crippen molar-refractivity contribution in [2.24, 2.45) is 0 Å². The minimum Gasteiger partial charge on any atom is -0.373 e. The topological polar surface area (TPSA) is 62.7 Å². The van der Waals surface area contributed by atoms with Gasteiger partial charge in [-0.2, -0.15) is 0 Å². The van der Waals surface area contributed by atoms with Crippen molar-refractivity contribution in [2.45, 2.75) is 26.3 Å². The Bertz CT molecular complexity index is 483. The molecule has 0 aliphatic heterocycles. The second-order valence-electron chi connectivity index (χ2n) is 3.83. The zero-order valence-corrected chi connectivity index (χ0v) is 11.4. The average Bonchev–Trinajstić information content (AvgIpc) is 2.91. The molecule has 2 aromatic heterocycles. The molecule has 0 unspecified atom stereocenters. The van der Waals surface area contributed by atoms with Crippen LogP contribution in [0.3, 0.4) is 0 Å². The fourth-order valence-corrected chi connectivity index (χ4v) is 2.32. The molecule has 2 rings (SSSR count). The first-order valence-corrected chi connectivity index (χ1v) is 6.87. The molecule has 18 heavy (non-hydrogen) atoms. The van der Waals surface area contributed by atoms with E-state index in [2.05, 4.69) is 32.5 Å². The summed E-state index contributed by atoms with van der Waals surface area (Å²) < 4.78 is 0. The Hall–Kier alpha value is -1.69. The van der Waals surface area contributed by atoms with Crippen molar-refractivity contribution in [1.29, 1.82) is 0 Å². The van der Waals surface area contributed by atoms with Crippen LogP contribution in [0.15, 0.2) is 17.9 Å². The van der Waals surface area contributed by atoms with Crippen LogP contribution in [0, 0.1) is 0 Å². The first-order chi connectivity index (χ1) is 8.85. The van der Waals surface area contributed by atoms with E-state index in [4.69, 9.17) is 0 Å². The summed E-state index contributed by atoms with van der Waals surface area (Å²) in [6.07, 6.45) is 5.41. The fourth-order valence-electron chi connectivity index (χ4n) is 1.77. The van der Waals surface area contributed by atoms with E-state index in [1.807, 2.05) is 18.6 Å². The predicted octanol–water partition coefficient (Wildman–Crippen LogP) is 2.54. The van der Waals surface area contributed by atoms with Crippen molar-refractivity contribution in [3.63, 3.8) is 0 Å². The molecule has 0 aliphatic rings. The lowest BCUT2D eigenvalue weighted by atomic mass is 10.1. The highest BCUT2D eigenvalue weighted by molar-refractivity contribution is 7.09. The van der Waals surface area contributed by atoms with Crippen molar-refractivity contribution >= 4 is 23.0 Å². The number of rotatable bonds is 6. The molecule has 0 fully saturated rings. The molecule has 0 radical (unpaired) electrons. The monoisotopic (exact) mass is 263 g/mol. The summed E-state index contributed by atoms with van der Waals surface area (Å²) in [4.78, 5) is 12.8. The van der Waals surface area contributed by atoms with Crippen molar-refractivity contribution in [2.75, 3.05) is 17.7 Å². The number of hydrogen-bond acceptors (Lipinski definition) is 6. The number of nitrogens with zero attached hydrogens (tertiary/aromatic N) is 3. The van der Waals surface area contributed by atoms with Gasteiger partial charge < -0.3 is 10.6 Å². The first kappa shape index (κ1) is 12.8. The molecule has 0 saturated heterocycles. The molecule has 0 saturated carbocycles. The highest BCUT2D eigenvalue weighted by Crippen LogP contribution is 2.21. The summed E-state index contributed by atoms with van der Waals surface area (Å²) in [7, 11) is 1.88. The molecule has 0 amide bonds. The Morgan fingerprint density at radius 3 is 2.72 bits per heavy atom. The van der Waals surface area contributed by atoms with Gasteiger partial charge in [-0.15, -0.1) is 11.3 Å². The van der Waals surface area contributed by atoms with Crippen LogP contribution in [0.25, 0.3) is 0 Å². The highest BCUT2D eigenvalue weighted by atomic mass is 32.1. The molecule has 0 aliphatic carbocycles. The van der Waals surface area contributed by atoms with Gasteiger partial charge >= 0.3 is 0 Å². The lowest BCUT2D eigenvalue weighted by molar-refractivity contribution is 0.898. The molecule has 2 aromatic rings. The molecule has 2 N–H and O–H groups in total. The molecule has 5 nitrogen and oxygen atoms in total. The smallest absolute Gasteiger partial charge is 0.135 e. The molecular formula is C12H17N5S. The van der Waals surface area contributed by atoms with Gasteiger partial charge in [-0.25, -0.2) is 15.0 Å². The van der Waals surface area contributed by atoms with Crippen LogP contribution in [-0.4, -0.2) is 22.0 Å². The molecular weight excluding hydrogens is 246 g/mol. The van der Waals surface area contributed by atoms with E-state index in [9.17, 15) is 0 Å². The van der Waals surface area contributed by atoms with Crippen LogP contribution in [0.5, 0.6) is 0 Å². The van der Waals surface area contributed by atoms with E-state index in [1.54, 1.807) is 17.7 Å². The van der Waals surface area contributed by atoms with Crippen LogP contribution >= 0.6 is 11.3 Å². The number of anilines is 2. The van der Waals surface area contributed by atoms with E-state index in [0.717, 1.165) is 35.0 Å². The normalized spacial score (nSPS) is 10.3. The Labute approximate surface area is 111 Å². The van der Waals surface area contributed by atoms with Gasteiger partial charge in [-0.3, -0.25) is 0 Å². The van der Waals surface area contributed by atoms with Gasteiger partial charge in [-0.05, 0) is 6.42 Å². The second-order valence-corrected chi connectivity index (χ2v) is 4.81. The van der Waals surface area contributed by atoms with Gasteiger partial charge in [0, 0.05) is 24.2 Å². The van der Waals surface area contributed by atoms with E-state index in [0.29, 0.717) is 6.54 Å². The molecule has 0 aromatic carbocycles. The van der Waals surface area contributed by atoms with Gasteiger partial charge in [0.15, 0.2) is 0 Å². The average molecular weight is 263 g/mol. The van der Waals surface area contributed by atoms with Gasteiger partial charge in [0.1, 0.15) is 23.0 Å². The summed E-state index contributed by atoms with van der Waals surface area (Å²) in [6, 6.07) is 0. The summed E-state index contributed by atoms with van der Waals surface area (Å²) in [6.45, 7) is 2.85. The Morgan fingerprint density at radius 1 is 1.22 bits per heavy atom. The van der Waals surface area contributed by atoms with Crippen LogP contribution < -0.4 is 10.6 Å². The molecule has 0 atom stereocenters. The largest absolute Gasteiger partial charge is 0.373 e. The van der Waals surface area contributed by atoms with E-state index in [-0.39, 0.29) is 0 Å². The third-order valence-electron chi connectivity index (χ3n) is 2.57. The minimum atomic E-state index is 0.703. The molecule has 0 spiro atoms. The van der Waals surface area contributed by atoms with Gasteiger partial charge in [-0.1, -0.05) is 13.3 Å². The van der Waals surface area contributed by atoms with Crippen LogP contribution in [0.2, 0.25) is 0 Å². The fraction of sp³-hybridized carbons (Fsp3) is 0.417. The van der Waals surface area contributed by atoms with Crippen LogP contribution in [0.4, 0.5) is 11.6 Å². The summed E-state index contributed by atoms with van der Waals surface area (Å²) in [5.74, 6) is 1.79. The molecule has 2 heterocycles. The number of aromatic nitrogens is 3. The van der Waals surface area contributed by atoms with Crippen molar-refractivity contribution < 1.29 is 0 Å². The highest BCUT2D eigenvalue weighted by Gasteiger charge is 2.09. The SMILES string of the molecule is CCCc1c(NC)ncnc1NCc1nccs1. The maximum atomic E-state index is 4.32. The maximum absolute atomic E-state index is 4.32. The van der Waals surface area contributed by atoms with Crippen molar-refractivity contribution in [3.8, 4) is 0 Å². The zero-order chi connectivity index (χ0) is 12.8. The third kappa shape index (κ3) is 2.95. The summed E-state index contributed by atoms with van der Waals surface area (Å²) in [5, 5.41) is 9.47. The maximum Gasteiger partial charge on any atom is 0.135 e. The number of thiazole rings is 1. The second kappa shape index (κ2) is 6.30. The number of hydrogen-bond donors (Lipinski definition) is 2. The van der Waals surface area contributed by atoms with Crippen LogP contribution in [0.1, 0.15) is 23.9 Å². The Kier molecular flexibility index (Phi) is 4.46. The van der Waals surface area contributed by atoms with Crippen molar-refractivity contribution in [1.82, 2.24) is 15.0 Å². The molecule has 0 bridgehead atoms. The standard InChI is InChI=1S/C12H17N5S/c1-3-4-9-11(13-2)16-8-17-12(9)15-7-10-14-5-6-18-10/h5-6,8H,3-4,7H2,1-2H3,(H2,13,15,16,17). The van der Waals surface area contributed by atoms with E-state index >= 15 is 0 Å². The molecule has 6 heteroatoms. The van der Waals surface area contributed by atoms with Gasteiger partial charge in [0.2, 0.25) is 0 Å². The van der Waals surface area contributed by atoms with Crippen molar-refractivity contribution in [3.05, 3.63) is 28.5 Å². The predicted molar refractivity (Wildman–Crippen MR) is 75.0 cm³/mol. The van der Waals surface area contributed by atoms with Crippen LogP contribution in [-0.2, 0) is 13.0 Å². The number of nitrogens with one attached hydrogen (secondary N) is 2. The summed E-state index contributed by atoms with van der Waals surface area (Å²) in [5.41, 5.74) is 1.14. The Balaban J connectivity index is 2.15. The van der Waals surface area contributed by atoms with E-state index in [1.165, 1.54) is 0 Å². The van der Waals surface area contributed by atoms with E-state index < -0.39 is 0 Å². The zero-order valence-electron chi connectivity index (χ0n) is 10.6.